The maximum absolute atomic E-state index is 11.1. The van der Waals surface area contributed by atoms with Gasteiger partial charge in [0.15, 0.2) is 0 Å². The Bertz CT molecular complexity index is 461. The van der Waals surface area contributed by atoms with Crippen LogP contribution in [0.5, 0.6) is 0 Å². The van der Waals surface area contributed by atoms with E-state index in [0.29, 0.717) is 18.4 Å². The van der Waals surface area contributed by atoms with Gasteiger partial charge in [0.2, 0.25) is 0 Å². The molecule has 0 atom stereocenters. The Hall–Kier alpha value is -1.13. The molecule has 1 aromatic carbocycles. The standard InChI is InChI=1S/C11H14O3S/c1-3-4-5-10-8-9(2)6-7-11(10)15(12,13)14/h3,6-8H,1,4-5H2,2H3,(H,12,13,14). The highest BCUT2D eigenvalue weighted by Crippen LogP contribution is 2.18. The van der Waals surface area contributed by atoms with Crippen LogP contribution in [0.1, 0.15) is 17.5 Å². The largest absolute Gasteiger partial charge is 0.294 e. The summed E-state index contributed by atoms with van der Waals surface area (Å²) in [5, 5.41) is 0. The molecule has 4 heteroatoms. The van der Waals surface area contributed by atoms with E-state index in [1.807, 2.05) is 6.92 Å². The summed E-state index contributed by atoms with van der Waals surface area (Å²) in [6, 6.07) is 4.87. The van der Waals surface area contributed by atoms with Gasteiger partial charge < -0.3 is 0 Å². The fourth-order valence-electron chi connectivity index (χ4n) is 1.41. The van der Waals surface area contributed by atoms with Crippen molar-refractivity contribution in [1.29, 1.82) is 0 Å². The van der Waals surface area contributed by atoms with E-state index in [-0.39, 0.29) is 4.90 Å². The van der Waals surface area contributed by atoms with Gasteiger partial charge in [-0.1, -0.05) is 23.8 Å². The molecule has 3 nitrogen and oxygen atoms in total. The molecule has 0 saturated carbocycles. The van der Waals surface area contributed by atoms with Crippen LogP contribution in [0, 0.1) is 6.92 Å². The van der Waals surface area contributed by atoms with Crippen molar-refractivity contribution in [3.8, 4) is 0 Å². The molecule has 0 spiro atoms. The average molecular weight is 226 g/mol. The third-order valence-electron chi connectivity index (χ3n) is 2.11. The minimum atomic E-state index is -4.11. The van der Waals surface area contributed by atoms with E-state index in [2.05, 4.69) is 6.58 Å². The first-order chi connectivity index (χ1) is 6.95. The molecular weight excluding hydrogens is 212 g/mol. The van der Waals surface area contributed by atoms with E-state index in [1.54, 1.807) is 18.2 Å². The minimum absolute atomic E-state index is 0.00468. The molecule has 1 N–H and O–H groups in total. The highest BCUT2D eigenvalue weighted by Gasteiger charge is 2.14. The van der Waals surface area contributed by atoms with Crippen LogP contribution < -0.4 is 0 Å². The van der Waals surface area contributed by atoms with Gasteiger partial charge in [-0.05, 0) is 31.4 Å². The summed E-state index contributed by atoms with van der Waals surface area (Å²) in [5.74, 6) is 0. The Balaban J connectivity index is 3.20. The molecule has 0 aromatic heterocycles. The van der Waals surface area contributed by atoms with Crippen molar-refractivity contribution in [2.75, 3.05) is 0 Å². The van der Waals surface area contributed by atoms with E-state index in [0.717, 1.165) is 5.56 Å². The zero-order chi connectivity index (χ0) is 11.5. The van der Waals surface area contributed by atoms with Gasteiger partial charge in [-0.3, -0.25) is 4.55 Å². The summed E-state index contributed by atoms with van der Waals surface area (Å²) in [6.07, 6.45) is 2.97. The second-order valence-electron chi connectivity index (χ2n) is 3.41. The monoisotopic (exact) mass is 226 g/mol. The molecule has 0 heterocycles. The average Bonchev–Trinajstić information content (AvgIpc) is 2.12. The Kier molecular flexibility index (Phi) is 3.66. The fraction of sp³-hybridized carbons (Fsp3) is 0.273. The van der Waals surface area contributed by atoms with Crippen molar-refractivity contribution in [3.63, 3.8) is 0 Å². The van der Waals surface area contributed by atoms with Crippen LogP contribution in [-0.4, -0.2) is 13.0 Å². The highest BCUT2D eigenvalue weighted by molar-refractivity contribution is 7.85. The summed E-state index contributed by atoms with van der Waals surface area (Å²) in [5.41, 5.74) is 1.61. The van der Waals surface area contributed by atoms with Crippen LogP contribution in [0.3, 0.4) is 0 Å². The molecule has 0 unspecified atom stereocenters. The zero-order valence-electron chi connectivity index (χ0n) is 8.60. The smallest absolute Gasteiger partial charge is 0.282 e. The van der Waals surface area contributed by atoms with Crippen molar-refractivity contribution in [2.24, 2.45) is 0 Å². The number of hydrogen-bond donors (Lipinski definition) is 1. The molecule has 0 radical (unpaired) electrons. The third kappa shape index (κ3) is 3.18. The first-order valence-corrected chi connectivity index (χ1v) is 6.07. The Morgan fingerprint density at radius 2 is 2.13 bits per heavy atom. The summed E-state index contributed by atoms with van der Waals surface area (Å²) in [7, 11) is -4.11. The van der Waals surface area contributed by atoms with Crippen LogP contribution in [0.25, 0.3) is 0 Å². The van der Waals surface area contributed by atoms with Crippen molar-refractivity contribution in [2.45, 2.75) is 24.7 Å². The van der Waals surface area contributed by atoms with E-state index in [4.69, 9.17) is 4.55 Å². The van der Waals surface area contributed by atoms with Crippen molar-refractivity contribution in [1.82, 2.24) is 0 Å². The Morgan fingerprint density at radius 3 is 2.67 bits per heavy atom. The van der Waals surface area contributed by atoms with Crippen molar-refractivity contribution < 1.29 is 13.0 Å². The van der Waals surface area contributed by atoms with Crippen LogP contribution in [0.2, 0.25) is 0 Å². The lowest BCUT2D eigenvalue weighted by atomic mass is 10.1. The van der Waals surface area contributed by atoms with Gasteiger partial charge in [0, 0.05) is 0 Å². The fourth-order valence-corrected chi connectivity index (χ4v) is 2.15. The van der Waals surface area contributed by atoms with Crippen LogP contribution in [-0.2, 0) is 16.5 Å². The summed E-state index contributed by atoms with van der Waals surface area (Å²) in [6.45, 7) is 5.46. The molecule has 0 fully saturated rings. The van der Waals surface area contributed by atoms with Crippen LogP contribution in [0.4, 0.5) is 0 Å². The lowest BCUT2D eigenvalue weighted by Crippen LogP contribution is -2.03. The molecule has 0 saturated heterocycles. The summed E-state index contributed by atoms with van der Waals surface area (Å²) in [4.78, 5) is -0.00468. The van der Waals surface area contributed by atoms with Gasteiger partial charge >= 0.3 is 0 Å². The van der Waals surface area contributed by atoms with Crippen LogP contribution >= 0.6 is 0 Å². The highest BCUT2D eigenvalue weighted by atomic mass is 32.2. The predicted octanol–water partition coefficient (Wildman–Crippen LogP) is 2.36. The number of aryl methyl sites for hydroxylation is 2. The maximum Gasteiger partial charge on any atom is 0.294 e. The molecular formula is C11H14O3S. The lowest BCUT2D eigenvalue weighted by Gasteiger charge is -2.06. The quantitative estimate of drug-likeness (QED) is 0.633. The molecule has 82 valence electrons. The molecule has 1 rings (SSSR count). The lowest BCUT2D eigenvalue weighted by molar-refractivity contribution is 0.482. The van der Waals surface area contributed by atoms with Gasteiger partial charge in [-0.25, -0.2) is 0 Å². The van der Waals surface area contributed by atoms with E-state index < -0.39 is 10.1 Å². The summed E-state index contributed by atoms with van der Waals surface area (Å²) < 4.78 is 31.1. The van der Waals surface area contributed by atoms with Crippen molar-refractivity contribution in [3.05, 3.63) is 42.0 Å². The van der Waals surface area contributed by atoms with Gasteiger partial charge in [0.1, 0.15) is 0 Å². The molecule has 0 bridgehead atoms. The zero-order valence-corrected chi connectivity index (χ0v) is 9.42. The van der Waals surface area contributed by atoms with Gasteiger partial charge in [-0.15, -0.1) is 6.58 Å². The Labute approximate surface area is 90.2 Å². The number of rotatable bonds is 4. The summed E-state index contributed by atoms with van der Waals surface area (Å²) >= 11 is 0. The molecule has 0 aliphatic rings. The van der Waals surface area contributed by atoms with Crippen molar-refractivity contribution >= 4 is 10.1 Å². The van der Waals surface area contributed by atoms with E-state index in [9.17, 15) is 8.42 Å². The van der Waals surface area contributed by atoms with Crippen LogP contribution in [0.15, 0.2) is 35.7 Å². The molecule has 1 aromatic rings. The molecule has 0 aliphatic carbocycles. The van der Waals surface area contributed by atoms with Gasteiger partial charge in [-0.2, -0.15) is 8.42 Å². The van der Waals surface area contributed by atoms with Gasteiger partial charge in [0.05, 0.1) is 4.90 Å². The SMILES string of the molecule is C=CCCc1cc(C)ccc1S(=O)(=O)O. The van der Waals surface area contributed by atoms with Gasteiger partial charge in [0.25, 0.3) is 10.1 Å². The number of allylic oxidation sites excluding steroid dienone is 1. The second-order valence-corrected chi connectivity index (χ2v) is 4.80. The Morgan fingerprint density at radius 1 is 1.47 bits per heavy atom. The first-order valence-electron chi connectivity index (χ1n) is 4.63. The van der Waals surface area contributed by atoms with E-state index in [1.165, 1.54) is 6.07 Å². The third-order valence-corrected chi connectivity index (χ3v) is 3.07. The van der Waals surface area contributed by atoms with E-state index >= 15 is 0 Å². The molecule has 0 amide bonds. The minimum Gasteiger partial charge on any atom is -0.282 e. The first kappa shape index (κ1) is 11.9. The number of benzene rings is 1. The maximum atomic E-state index is 11.1. The topological polar surface area (TPSA) is 54.4 Å². The molecule has 0 aliphatic heterocycles. The predicted molar refractivity (Wildman–Crippen MR) is 59.5 cm³/mol. The normalized spacial score (nSPS) is 11.3. The second kappa shape index (κ2) is 4.59. The number of hydrogen-bond acceptors (Lipinski definition) is 2. The molecule has 15 heavy (non-hydrogen) atoms.